The Labute approximate surface area is 177 Å². The lowest BCUT2D eigenvalue weighted by molar-refractivity contribution is 0.0723. The molecule has 1 amide bonds. The Balaban J connectivity index is 1.37. The highest BCUT2D eigenvalue weighted by atomic mass is 32.2. The summed E-state index contributed by atoms with van der Waals surface area (Å²) in [5.41, 5.74) is 1.14. The molecule has 0 aliphatic heterocycles. The minimum atomic E-state index is -0.489. The van der Waals surface area contributed by atoms with E-state index in [2.05, 4.69) is 4.72 Å². The number of ether oxygens (including phenoxy) is 2. The Bertz CT molecular complexity index is 710. The molecule has 160 valence electrons. The third-order valence-corrected chi connectivity index (χ3v) is 7.69. The highest BCUT2D eigenvalue weighted by Gasteiger charge is 2.30. The number of hydrogen-bond acceptors (Lipinski definition) is 4. The molecule has 0 aromatic heterocycles. The molecule has 3 fully saturated rings. The summed E-state index contributed by atoms with van der Waals surface area (Å²) < 4.78 is 29.1. The van der Waals surface area contributed by atoms with Gasteiger partial charge in [-0.15, -0.1) is 0 Å². The minimum absolute atomic E-state index is 0.137. The van der Waals surface area contributed by atoms with Crippen LogP contribution >= 0.6 is 11.9 Å². The first-order chi connectivity index (χ1) is 14.1. The van der Waals surface area contributed by atoms with Gasteiger partial charge in [-0.25, -0.2) is 4.39 Å². The normalized spacial score (nSPS) is 25.2. The van der Waals surface area contributed by atoms with Crippen LogP contribution in [0, 0.1) is 11.7 Å². The highest BCUT2D eigenvalue weighted by molar-refractivity contribution is 7.98. The average Bonchev–Trinajstić information content (AvgIpc) is 3.45. The molecule has 3 aliphatic rings. The number of halogens is 1. The van der Waals surface area contributed by atoms with E-state index in [0.29, 0.717) is 35.5 Å². The molecule has 3 saturated carbocycles. The Morgan fingerprint density at radius 3 is 2.48 bits per heavy atom. The lowest BCUT2D eigenvalue weighted by Crippen LogP contribution is -2.26. The molecule has 0 radical (unpaired) electrons. The molecule has 6 heteroatoms. The molecule has 0 spiro atoms. The van der Waals surface area contributed by atoms with E-state index in [1.807, 2.05) is 0 Å². The van der Waals surface area contributed by atoms with Crippen molar-refractivity contribution in [3.05, 3.63) is 29.1 Å². The van der Waals surface area contributed by atoms with E-state index in [0.717, 1.165) is 44.1 Å². The maximum atomic E-state index is 14.8. The van der Waals surface area contributed by atoms with Crippen LogP contribution in [0.5, 0.6) is 5.75 Å². The lowest BCUT2D eigenvalue weighted by Gasteiger charge is -2.26. The second kappa shape index (κ2) is 9.69. The molecule has 0 unspecified atom stereocenters. The fourth-order valence-electron chi connectivity index (χ4n) is 4.55. The number of methoxy groups -OCH3 is 1. The van der Waals surface area contributed by atoms with Crippen LogP contribution in [0.1, 0.15) is 86.0 Å². The van der Waals surface area contributed by atoms with E-state index >= 15 is 0 Å². The molecular formula is C23H32FNO3S. The fraction of sp³-hybridized carbons (Fsp3) is 0.696. The van der Waals surface area contributed by atoms with Crippen LogP contribution in [0.25, 0.3) is 0 Å². The predicted octanol–water partition coefficient (Wildman–Crippen LogP) is 5.61. The van der Waals surface area contributed by atoms with Crippen molar-refractivity contribution in [1.29, 1.82) is 0 Å². The van der Waals surface area contributed by atoms with E-state index in [1.165, 1.54) is 43.7 Å². The SMILES string of the molecule is CO[C@H]1CC[C@H](SNC(=O)c2cc(C3CC3)c(OCC3CCCC3)cc2F)CC1. The van der Waals surface area contributed by atoms with Crippen LogP contribution < -0.4 is 9.46 Å². The van der Waals surface area contributed by atoms with Gasteiger partial charge in [0.15, 0.2) is 0 Å². The second-order valence-electron chi connectivity index (χ2n) is 8.79. The van der Waals surface area contributed by atoms with E-state index in [-0.39, 0.29) is 11.5 Å². The van der Waals surface area contributed by atoms with Crippen molar-refractivity contribution in [3.8, 4) is 5.75 Å². The maximum Gasteiger partial charge on any atom is 0.264 e. The molecule has 1 aromatic rings. The zero-order valence-corrected chi connectivity index (χ0v) is 18.1. The minimum Gasteiger partial charge on any atom is -0.493 e. The molecule has 0 heterocycles. The first-order valence-corrected chi connectivity index (χ1v) is 12.0. The van der Waals surface area contributed by atoms with Crippen LogP contribution in [-0.2, 0) is 4.74 Å². The number of benzene rings is 1. The summed E-state index contributed by atoms with van der Waals surface area (Å²) in [7, 11) is 1.75. The van der Waals surface area contributed by atoms with Gasteiger partial charge in [0.25, 0.3) is 5.91 Å². The zero-order valence-electron chi connectivity index (χ0n) is 17.3. The number of nitrogens with one attached hydrogen (secondary N) is 1. The van der Waals surface area contributed by atoms with Crippen LogP contribution in [0.2, 0.25) is 0 Å². The van der Waals surface area contributed by atoms with Gasteiger partial charge >= 0.3 is 0 Å². The van der Waals surface area contributed by atoms with Gasteiger partial charge in [0, 0.05) is 18.4 Å². The van der Waals surface area contributed by atoms with E-state index in [9.17, 15) is 9.18 Å². The number of rotatable bonds is 8. The van der Waals surface area contributed by atoms with Gasteiger partial charge in [0.2, 0.25) is 0 Å². The molecule has 29 heavy (non-hydrogen) atoms. The smallest absolute Gasteiger partial charge is 0.264 e. The van der Waals surface area contributed by atoms with Crippen molar-refractivity contribution in [2.45, 2.75) is 81.5 Å². The predicted molar refractivity (Wildman–Crippen MR) is 114 cm³/mol. The molecule has 4 rings (SSSR count). The summed E-state index contributed by atoms with van der Waals surface area (Å²) >= 11 is 1.43. The van der Waals surface area contributed by atoms with Crippen LogP contribution in [0.4, 0.5) is 4.39 Å². The zero-order chi connectivity index (χ0) is 20.2. The Morgan fingerprint density at radius 1 is 1.10 bits per heavy atom. The number of amides is 1. The van der Waals surface area contributed by atoms with E-state index in [1.54, 1.807) is 13.2 Å². The standard InChI is InChI=1S/C23H32FNO3S/c1-27-17-8-10-18(11-9-17)29-25-23(26)20-12-19(16-6-7-16)22(13-21(20)24)28-14-15-4-2-3-5-15/h12-13,15-18H,2-11,14H2,1H3,(H,25,26)/t17-,18-. The van der Waals surface area contributed by atoms with Crippen LogP contribution in [0.3, 0.4) is 0 Å². The van der Waals surface area contributed by atoms with Gasteiger partial charge < -0.3 is 9.47 Å². The first-order valence-electron chi connectivity index (χ1n) is 11.1. The maximum absolute atomic E-state index is 14.8. The number of hydrogen-bond donors (Lipinski definition) is 1. The van der Waals surface area contributed by atoms with Gasteiger partial charge in [-0.1, -0.05) is 12.8 Å². The first kappa shape index (κ1) is 21.0. The second-order valence-corrected chi connectivity index (χ2v) is 9.90. The Kier molecular flexibility index (Phi) is 7.01. The Morgan fingerprint density at radius 2 is 1.83 bits per heavy atom. The summed E-state index contributed by atoms with van der Waals surface area (Å²) in [4.78, 5) is 12.7. The van der Waals surface area contributed by atoms with E-state index in [4.69, 9.17) is 9.47 Å². The van der Waals surface area contributed by atoms with Crippen molar-refractivity contribution in [2.75, 3.05) is 13.7 Å². The molecule has 4 nitrogen and oxygen atoms in total. The van der Waals surface area contributed by atoms with Crippen molar-refractivity contribution in [1.82, 2.24) is 4.72 Å². The highest BCUT2D eigenvalue weighted by Crippen LogP contribution is 2.45. The molecule has 0 bridgehead atoms. The monoisotopic (exact) mass is 421 g/mol. The fourth-order valence-corrected chi connectivity index (χ4v) is 5.44. The molecule has 1 aromatic carbocycles. The lowest BCUT2D eigenvalue weighted by atomic mass is 9.97. The van der Waals surface area contributed by atoms with Gasteiger partial charge in [-0.05, 0) is 86.8 Å². The average molecular weight is 422 g/mol. The van der Waals surface area contributed by atoms with Crippen LogP contribution in [0.15, 0.2) is 12.1 Å². The summed E-state index contributed by atoms with van der Waals surface area (Å²) in [5.74, 6) is 0.789. The summed E-state index contributed by atoms with van der Waals surface area (Å²) in [6, 6.07) is 3.17. The summed E-state index contributed by atoms with van der Waals surface area (Å²) in [6.07, 6.45) is 11.5. The van der Waals surface area contributed by atoms with Gasteiger partial charge in [-0.2, -0.15) is 0 Å². The number of carbonyl (C=O) groups excluding carboxylic acids is 1. The molecule has 0 atom stereocenters. The quantitative estimate of drug-likeness (QED) is 0.555. The van der Waals surface area contributed by atoms with Crippen molar-refractivity contribution >= 4 is 17.9 Å². The third-order valence-electron chi connectivity index (χ3n) is 6.58. The summed E-state index contributed by atoms with van der Waals surface area (Å²) in [6.45, 7) is 0.657. The number of carbonyl (C=O) groups is 1. The topological polar surface area (TPSA) is 47.6 Å². The van der Waals surface area contributed by atoms with Gasteiger partial charge in [0.1, 0.15) is 11.6 Å². The van der Waals surface area contributed by atoms with E-state index < -0.39 is 5.82 Å². The van der Waals surface area contributed by atoms with Gasteiger partial charge in [-0.3, -0.25) is 9.52 Å². The van der Waals surface area contributed by atoms with Crippen LogP contribution in [-0.4, -0.2) is 31.0 Å². The molecular weight excluding hydrogens is 389 g/mol. The van der Waals surface area contributed by atoms with Gasteiger partial charge in [0.05, 0.1) is 18.3 Å². The summed E-state index contributed by atoms with van der Waals surface area (Å²) in [5, 5.41) is 0.366. The van der Waals surface area contributed by atoms with Crippen molar-refractivity contribution < 1.29 is 18.7 Å². The molecule has 1 N–H and O–H groups in total. The molecule has 3 aliphatic carbocycles. The largest absolute Gasteiger partial charge is 0.493 e. The van der Waals surface area contributed by atoms with Crippen molar-refractivity contribution in [2.24, 2.45) is 5.92 Å². The molecule has 0 saturated heterocycles. The van der Waals surface area contributed by atoms with Crippen molar-refractivity contribution in [3.63, 3.8) is 0 Å². The Hall–Kier alpha value is -1.27. The third kappa shape index (κ3) is 5.46.